The van der Waals surface area contributed by atoms with Gasteiger partial charge in [0.2, 0.25) is 0 Å². The average molecular weight is 359 g/mol. The van der Waals surface area contributed by atoms with E-state index in [0.29, 0.717) is 0 Å². The van der Waals surface area contributed by atoms with E-state index in [2.05, 4.69) is 39.4 Å². The number of hydrogen-bond donors (Lipinski definition) is 0. The van der Waals surface area contributed by atoms with Crippen molar-refractivity contribution in [3.63, 3.8) is 0 Å². The number of hydrogen-bond acceptors (Lipinski definition) is 5. The highest BCUT2D eigenvalue weighted by molar-refractivity contribution is 5.92. The maximum atomic E-state index is 5.28. The molecule has 0 radical (unpaired) electrons. The Bertz CT molecular complexity index is 1110. The number of anilines is 1. The van der Waals surface area contributed by atoms with Gasteiger partial charge in [-0.15, -0.1) is 10.2 Å². The van der Waals surface area contributed by atoms with Crippen LogP contribution < -0.4 is 9.64 Å². The van der Waals surface area contributed by atoms with Crippen LogP contribution in [0.15, 0.2) is 48.7 Å². The molecule has 0 atom stereocenters. The summed E-state index contributed by atoms with van der Waals surface area (Å²) >= 11 is 0. The van der Waals surface area contributed by atoms with Gasteiger partial charge >= 0.3 is 0 Å². The molecule has 4 heterocycles. The third-order valence-electron chi connectivity index (χ3n) is 5.24. The van der Waals surface area contributed by atoms with E-state index < -0.39 is 0 Å². The Labute approximate surface area is 157 Å². The standard InChI is InChI=1S/C21H21N5O/c1-27-16-10-13-26-19(14-16)23-24-21(26)17-9-8-15-6-5-7-18(20(15)22-17)25-11-3-2-4-12-25/h5-10,13-14H,2-4,11-12H2,1H3. The van der Waals surface area contributed by atoms with E-state index in [0.717, 1.165) is 46.9 Å². The lowest BCUT2D eigenvalue weighted by molar-refractivity contribution is 0.414. The van der Waals surface area contributed by atoms with Crippen LogP contribution in [0.3, 0.4) is 0 Å². The number of para-hydroxylation sites is 1. The van der Waals surface area contributed by atoms with Gasteiger partial charge < -0.3 is 9.64 Å². The Hall–Kier alpha value is -3.15. The first kappa shape index (κ1) is 16.1. The van der Waals surface area contributed by atoms with Crippen molar-refractivity contribution in [2.45, 2.75) is 19.3 Å². The largest absolute Gasteiger partial charge is 0.497 e. The summed E-state index contributed by atoms with van der Waals surface area (Å²) in [5.41, 5.74) is 3.81. The fourth-order valence-corrected chi connectivity index (χ4v) is 3.82. The number of benzene rings is 1. The summed E-state index contributed by atoms with van der Waals surface area (Å²) < 4.78 is 7.22. The van der Waals surface area contributed by atoms with Crippen molar-refractivity contribution in [3.05, 3.63) is 48.7 Å². The number of fused-ring (bicyclic) bond motifs is 2. The molecule has 1 saturated heterocycles. The third kappa shape index (κ3) is 2.77. The first-order valence-electron chi connectivity index (χ1n) is 9.37. The third-order valence-corrected chi connectivity index (χ3v) is 5.24. The first-order valence-corrected chi connectivity index (χ1v) is 9.37. The lowest BCUT2D eigenvalue weighted by Crippen LogP contribution is -2.29. The molecule has 4 aromatic rings. The summed E-state index contributed by atoms with van der Waals surface area (Å²) in [6.07, 6.45) is 5.72. The molecule has 0 saturated carbocycles. The van der Waals surface area contributed by atoms with E-state index in [-0.39, 0.29) is 0 Å². The number of methoxy groups -OCH3 is 1. The summed E-state index contributed by atoms with van der Waals surface area (Å²) in [5, 5.41) is 9.80. The maximum absolute atomic E-state index is 5.28. The summed E-state index contributed by atoms with van der Waals surface area (Å²) in [6, 6.07) is 14.3. The van der Waals surface area contributed by atoms with Gasteiger partial charge in [0.25, 0.3) is 0 Å². The van der Waals surface area contributed by atoms with Gasteiger partial charge in [-0.05, 0) is 37.5 Å². The Morgan fingerprint density at radius 2 is 1.85 bits per heavy atom. The van der Waals surface area contributed by atoms with E-state index in [1.54, 1.807) is 7.11 Å². The smallest absolute Gasteiger partial charge is 0.187 e. The molecule has 0 unspecified atom stereocenters. The van der Waals surface area contributed by atoms with Crippen molar-refractivity contribution in [3.8, 4) is 17.3 Å². The lowest BCUT2D eigenvalue weighted by atomic mass is 10.1. The van der Waals surface area contributed by atoms with E-state index >= 15 is 0 Å². The number of piperidine rings is 1. The summed E-state index contributed by atoms with van der Waals surface area (Å²) in [4.78, 5) is 7.44. The fourth-order valence-electron chi connectivity index (χ4n) is 3.82. The summed E-state index contributed by atoms with van der Waals surface area (Å²) in [7, 11) is 1.65. The normalized spacial score (nSPS) is 14.8. The van der Waals surface area contributed by atoms with Crippen LogP contribution >= 0.6 is 0 Å². The van der Waals surface area contributed by atoms with Crippen LogP contribution in [0.25, 0.3) is 28.1 Å². The Morgan fingerprint density at radius 3 is 2.70 bits per heavy atom. The van der Waals surface area contributed by atoms with E-state index in [1.165, 1.54) is 24.9 Å². The second-order valence-electron chi connectivity index (χ2n) is 6.91. The number of nitrogens with zero attached hydrogens (tertiary/aromatic N) is 5. The number of ether oxygens (including phenoxy) is 1. The molecule has 0 amide bonds. The Kier molecular flexibility index (Phi) is 3.89. The fraction of sp³-hybridized carbons (Fsp3) is 0.286. The molecule has 6 heteroatoms. The molecule has 1 aliphatic rings. The molecule has 27 heavy (non-hydrogen) atoms. The van der Waals surface area contributed by atoms with Crippen molar-refractivity contribution in [1.29, 1.82) is 0 Å². The van der Waals surface area contributed by atoms with Crippen LogP contribution in [0.1, 0.15) is 19.3 Å². The zero-order valence-electron chi connectivity index (χ0n) is 15.3. The molecule has 0 spiro atoms. The molecule has 3 aromatic heterocycles. The van der Waals surface area contributed by atoms with Gasteiger partial charge in [0.15, 0.2) is 11.5 Å². The van der Waals surface area contributed by atoms with Crippen LogP contribution in [0.5, 0.6) is 5.75 Å². The molecule has 6 nitrogen and oxygen atoms in total. The minimum absolute atomic E-state index is 0.739. The molecule has 5 rings (SSSR count). The first-order chi connectivity index (χ1) is 13.3. The van der Waals surface area contributed by atoms with Gasteiger partial charge in [0, 0.05) is 30.7 Å². The van der Waals surface area contributed by atoms with E-state index in [1.807, 2.05) is 28.8 Å². The molecular weight excluding hydrogens is 338 g/mol. The molecule has 0 aliphatic carbocycles. The molecule has 1 fully saturated rings. The van der Waals surface area contributed by atoms with Crippen molar-refractivity contribution >= 4 is 22.2 Å². The molecular formula is C21H21N5O. The summed E-state index contributed by atoms with van der Waals surface area (Å²) in [5.74, 6) is 1.50. The molecule has 1 aromatic carbocycles. The number of pyridine rings is 2. The van der Waals surface area contributed by atoms with Crippen LogP contribution in [0.4, 0.5) is 5.69 Å². The highest BCUT2D eigenvalue weighted by atomic mass is 16.5. The van der Waals surface area contributed by atoms with Gasteiger partial charge in [-0.25, -0.2) is 4.98 Å². The molecule has 0 bridgehead atoms. The van der Waals surface area contributed by atoms with Gasteiger partial charge in [-0.1, -0.05) is 18.2 Å². The zero-order chi connectivity index (χ0) is 18.2. The molecule has 136 valence electrons. The van der Waals surface area contributed by atoms with Gasteiger partial charge in [0.05, 0.1) is 18.3 Å². The minimum Gasteiger partial charge on any atom is -0.497 e. The van der Waals surface area contributed by atoms with Crippen LogP contribution in [0.2, 0.25) is 0 Å². The van der Waals surface area contributed by atoms with Gasteiger partial charge in [-0.3, -0.25) is 4.40 Å². The number of aromatic nitrogens is 4. The van der Waals surface area contributed by atoms with Crippen molar-refractivity contribution < 1.29 is 4.74 Å². The SMILES string of the molecule is COc1ccn2c(-c3ccc4cccc(N5CCCCC5)c4n3)nnc2c1. The minimum atomic E-state index is 0.739. The van der Waals surface area contributed by atoms with Crippen LogP contribution in [-0.2, 0) is 0 Å². The second-order valence-corrected chi connectivity index (χ2v) is 6.91. The maximum Gasteiger partial charge on any atom is 0.187 e. The average Bonchev–Trinajstić information content (AvgIpc) is 3.16. The van der Waals surface area contributed by atoms with Crippen molar-refractivity contribution in [2.75, 3.05) is 25.1 Å². The van der Waals surface area contributed by atoms with E-state index in [9.17, 15) is 0 Å². The van der Waals surface area contributed by atoms with Crippen LogP contribution in [-0.4, -0.2) is 39.8 Å². The zero-order valence-corrected chi connectivity index (χ0v) is 15.3. The van der Waals surface area contributed by atoms with E-state index in [4.69, 9.17) is 9.72 Å². The molecule has 0 N–H and O–H groups in total. The molecule has 1 aliphatic heterocycles. The van der Waals surface area contributed by atoms with Crippen LogP contribution in [0, 0.1) is 0 Å². The topological polar surface area (TPSA) is 55.6 Å². The van der Waals surface area contributed by atoms with Crippen molar-refractivity contribution in [2.24, 2.45) is 0 Å². The van der Waals surface area contributed by atoms with Gasteiger partial charge in [0.1, 0.15) is 11.4 Å². The predicted molar refractivity (Wildman–Crippen MR) is 106 cm³/mol. The van der Waals surface area contributed by atoms with Gasteiger partial charge in [-0.2, -0.15) is 0 Å². The Morgan fingerprint density at radius 1 is 0.963 bits per heavy atom. The highest BCUT2D eigenvalue weighted by Gasteiger charge is 2.16. The highest BCUT2D eigenvalue weighted by Crippen LogP contribution is 2.30. The summed E-state index contributed by atoms with van der Waals surface area (Å²) in [6.45, 7) is 2.19. The number of rotatable bonds is 3. The lowest BCUT2D eigenvalue weighted by Gasteiger charge is -2.29. The van der Waals surface area contributed by atoms with Crippen molar-refractivity contribution in [1.82, 2.24) is 19.6 Å². The predicted octanol–water partition coefficient (Wildman–Crippen LogP) is 3.94. The Balaban J connectivity index is 1.64. The second kappa shape index (κ2) is 6.54. The quantitative estimate of drug-likeness (QED) is 0.554. The monoisotopic (exact) mass is 359 g/mol.